The molecular weight excluding hydrogens is 611 g/mol. The Morgan fingerprint density at radius 2 is 1.10 bits per heavy atom. The molecule has 0 amide bonds. The predicted molar refractivity (Wildman–Crippen MR) is 202 cm³/mol. The molecule has 2 aromatic heterocycles. The van der Waals surface area contributed by atoms with Crippen molar-refractivity contribution in [3.63, 3.8) is 0 Å². The van der Waals surface area contributed by atoms with Crippen molar-refractivity contribution in [2.24, 2.45) is 0 Å². The van der Waals surface area contributed by atoms with Gasteiger partial charge in [0.15, 0.2) is 0 Å². The number of hydrogen-bond acceptors (Lipinski definition) is 2. The Hall–Kier alpha value is -7.39. The lowest BCUT2D eigenvalue weighted by molar-refractivity contribution is 1.18. The molecule has 0 unspecified atom stereocenters. The maximum absolute atomic E-state index is 10.3. The van der Waals surface area contributed by atoms with Crippen molar-refractivity contribution in [3.05, 3.63) is 174 Å². The van der Waals surface area contributed by atoms with Crippen molar-refractivity contribution < 1.29 is 0 Å². The van der Waals surface area contributed by atoms with Crippen molar-refractivity contribution in [2.75, 3.05) is 0 Å². The average molecular weight is 636 g/mol. The first kappa shape index (κ1) is 28.8. The Morgan fingerprint density at radius 3 is 1.76 bits per heavy atom. The fourth-order valence-electron chi connectivity index (χ4n) is 7.42. The SMILES string of the molecule is [C-]#[N+]c1cccc2c3cc(C#N)ccc3n(-c3cccc(C#N)c3-c3ccc(-c4ccc(-n5c6ccccc6c6ccccc65)cc4)cc3)c12. The van der Waals surface area contributed by atoms with E-state index < -0.39 is 0 Å². The molecular formula is C45H25N5. The molecule has 5 nitrogen and oxygen atoms in total. The summed E-state index contributed by atoms with van der Waals surface area (Å²) in [6, 6.07) is 55.6. The van der Waals surface area contributed by atoms with Gasteiger partial charge in [0, 0.05) is 27.4 Å². The molecule has 0 saturated carbocycles. The molecule has 2 heterocycles. The first-order valence-electron chi connectivity index (χ1n) is 16.3. The molecule has 7 aromatic carbocycles. The quantitative estimate of drug-likeness (QED) is 0.181. The van der Waals surface area contributed by atoms with E-state index in [9.17, 15) is 10.5 Å². The number of hydrogen-bond donors (Lipinski definition) is 0. The molecule has 0 aliphatic carbocycles. The Bertz CT molecular complexity index is 2890. The Balaban J connectivity index is 1.16. The Kier molecular flexibility index (Phi) is 6.56. The fraction of sp³-hybridized carbons (Fsp3) is 0. The summed E-state index contributed by atoms with van der Waals surface area (Å²) < 4.78 is 4.38. The summed E-state index contributed by atoms with van der Waals surface area (Å²) in [6.45, 7) is 7.97. The number of fused-ring (bicyclic) bond motifs is 6. The molecule has 0 saturated heterocycles. The number of nitriles is 2. The number of para-hydroxylation sites is 3. The first-order valence-corrected chi connectivity index (χ1v) is 16.3. The normalized spacial score (nSPS) is 11.1. The summed E-state index contributed by atoms with van der Waals surface area (Å²) in [6.07, 6.45) is 0. The van der Waals surface area contributed by atoms with Gasteiger partial charge in [0.2, 0.25) is 5.69 Å². The summed E-state index contributed by atoms with van der Waals surface area (Å²) >= 11 is 0. The van der Waals surface area contributed by atoms with Gasteiger partial charge in [-0.25, -0.2) is 4.85 Å². The van der Waals surface area contributed by atoms with Crippen LogP contribution < -0.4 is 0 Å². The summed E-state index contributed by atoms with van der Waals surface area (Å²) in [5.41, 5.74) is 11.3. The largest absolute Gasteiger partial charge is 0.318 e. The van der Waals surface area contributed by atoms with Gasteiger partial charge in [-0.05, 0) is 76.7 Å². The monoisotopic (exact) mass is 635 g/mol. The smallest absolute Gasteiger partial charge is 0.211 e. The van der Waals surface area contributed by atoms with E-state index in [1.54, 1.807) is 6.07 Å². The van der Waals surface area contributed by atoms with Crippen LogP contribution in [-0.4, -0.2) is 9.13 Å². The van der Waals surface area contributed by atoms with Gasteiger partial charge in [-0.3, -0.25) is 0 Å². The highest BCUT2D eigenvalue weighted by Gasteiger charge is 2.20. The summed E-state index contributed by atoms with van der Waals surface area (Å²) in [4.78, 5) is 3.86. The minimum atomic E-state index is 0.505. The van der Waals surface area contributed by atoms with E-state index >= 15 is 0 Å². The molecule has 9 aromatic rings. The van der Waals surface area contributed by atoms with Crippen molar-refractivity contribution in [1.29, 1.82) is 10.5 Å². The standard InChI is InChI=1S/C45H25N5/c1-48-39-12-7-11-37-38-26-29(27-46)16-25-42(38)50(45(37)39)43-15-6-8-33(28-47)44(43)32-19-17-30(18-20-32)31-21-23-34(24-22-31)49-40-13-4-2-9-35(40)36-10-3-5-14-41(36)49/h2-26H. The minimum Gasteiger partial charge on any atom is -0.318 e. The summed E-state index contributed by atoms with van der Waals surface area (Å²) in [5.74, 6) is 0. The van der Waals surface area contributed by atoms with Crippen molar-refractivity contribution in [3.8, 4) is 45.8 Å². The van der Waals surface area contributed by atoms with Crippen LogP contribution in [0.5, 0.6) is 0 Å². The van der Waals surface area contributed by atoms with E-state index in [-0.39, 0.29) is 0 Å². The predicted octanol–water partition coefficient (Wildman–Crippen LogP) is 11.5. The van der Waals surface area contributed by atoms with Crippen LogP contribution in [-0.2, 0) is 0 Å². The van der Waals surface area contributed by atoms with Crippen LogP contribution >= 0.6 is 0 Å². The van der Waals surface area contributed by atoms with Gasteiger partial charge in [0.05, 0.1) is 57.6 Å². The highest BCUT2D eigenvalue weighted by molar-refractivity contribution is 6.14. The Labute approximate surface area is 288 Å². The zero-order chi connectivity index (χ0) is 33.8. The van der Waals surface area contributed by atoms with Gasteiger partial charge < -0.3 is 9.13 Å². The van der Waals surface area contributed by atoms with Gasteiger partial charge in [-0.15, -0.1) is 0 Å². The van der Waals surface area contributed by atoms with E-state index in [2.05, 4.69) is 123 Å². The highest BCUT2D eigenvalue weighted by atomic mass is 15.0. The first-order chi connectivity index (χ1) is 24.7. The van der Waals surface area contributed by atoms with E-state index in [1.807, 2.05) is 48.5 Å². The van der Waals surface area contributed by atoms with Gasteiger partial charge in [-0.1, -0.05) is 97.1 Å². The summed E-state index contributed by atoms with van der Waals surface area (Å²) in [5, 5.41) is 24.2. The molecule has 0 atom stereocenters. The number of aromatic nitrogens is 2. The molecule has 0 N–H and O–H groups in total. The summed E-state index contributed by atoms with van der Waals surface area (Å²) in [7, 11) is 0. The maximum atomic E-state index is 10.3. The number of nitrogens with zero attached hydrogens (tertiary/aromatic N) is 5. The lowest BCUT2D eigenvalue weighted by Crippen LogP contribution is -1.99. The molecule has 0 bridgehead atoms. The molecule has 50 heavy (non-hydrogen) atoms. The van der Waals surface area contributed by atoms with Crippen LogP contribution in [0.15, 0.2) is 152 Å². The van der Waals surface area contributed by atoms with Crippen LogP contribution in [0.2, 0.25) is 0 Å². The lowest BCUT2D eigenvalue weighted by Gasteiger charge is -2.16. The molecule has 0 aliphatic rings. The molecule has 230 valence electrons. The van der Waals surface area contributed by atoms with Crippen LogP contribution in [0.25, 0.3) is 82.1 Å². The second kappa shape index (κ2) is 11.4. The van der Waals surface area contributed by atoms with E-state index in [0.717, 1.165) is 55.4 Å². The third kappa shape index (κ3) is 4.31. The molecule has 9 rings (SSSR count). The number of rotatable bonds is 4. The van der Waals surface area contributed by atoms with E-state index in [1.165, 1.54) is 21.8 Å². The fourth-order valence-corrected chi connectivity index (χ4v) is 7.42. The molecule has 5 heteroatoms. The highest BCUT2D eigenvalue weighted by Crippen LogP contribution is 2.42. The van der Waals surface area contributed by atoms with E-state index in [0.29, 0.717) is 16.8 Å². The molecule has 0 radical (unpaired) electrons. The van der Waals surface area contributed by atoms with Crippen LogP contribution in [0, 0.1) is 29.2 Å². The van der Waals surface area contributed by atoms with Gasteiger partial charge in [-0.2, -0.15) is 10.5 Å². The van der Waals surface area contributed by atoms with Crippen LogP contribution in [0.3, 0.4) is 0 Å². The van der Waals surface area contributed by atoms with E-state index in [4.69, 9.17) is 6.57 Å². The van der Waals surface area contributed by atoms with Gasteiger partial charge in [0.1, 0.15) is 0 Å². The second-order valence-corrected chi connectivity index (χ2v) is 12.3. The van der Waals surface area contributed by atoms with Gasteiger partial charge >= 0.3 is 0 Å². The lowest BCUT2D eigenvalue weighted by atomic mass is 9.95. The average Bonchev–Trinajstić information content (AvgIpc) is 3.70. The Morgan fingerprint density at radius 1 is 0.500 bits per heavy atom. The topological polar surface area (TPSA) is 61.8 Å². The third-order valence-electron chi connectivity index (χ3n) is 9.63. The number of benzene rings is 7. The van der Waals surface area contributed by atoms with Crippen molar-refractivity contribution in [2.45, 2.75) is 0 Å². The van der Waals surface area contributed by atoms with Crippen molar-refractivity contribution >= 4 is 49.3 Å². The van der Waals surface area contributed by atoms with Crippen LogP contribution in [0.1, 0.15) is 11.1 Å². The van der Waals surface area contributed by atoms with Crippen LogP contribution in [0.4, 0.5) is 5.69 Å². The third-order valence-corrected chi connectivity index (χ3v) is 9.63. The van der Waals surface area contributed by atoms with Crippen molar-refractivity contribution in [1.82, 2.24) is 9.13 Å². The molecule has 0 aliphatic heterocycles. The maximum Gasteiger partial charge on any atom is 0.211 e. The zero-order valence-corrected chi connectivity index (χ0v) is 26.7. The van der Waals surface area contributed by atoms with Gasteiger partial charge in [0.25, 0.3) is 0 Å². The second-order valence-electron chi connectivity index (χ2n) is 12.3. The molecule has 0 spiro atoms. The minimum absolute atomic E-state index is 0.505. The molecule has 0 fully saturated rings. The zero-order valence-electron chi connectivity index (χ0n) is 26.7.